The number of fused-ring (bicyclic) bond motifs is 1. The minimum Gasteiger partial charge on any atom is -0.477 e. The topological polar surface area (TPSA) is 113 Å². The lowest BCUT2D eigenvalue weighted by molar-refractivity contribution is 0.0359. The molecule has 0 amide bonds. The molecule has 4 rings (SSSR count). The van der Waals surface area contributed by atoms with Crippen LogP contribution in [0.5, 0.6) is 0 Å². The van der Waals surface area contributed by atoms with Crippen LogP contribution in [-0.4, -0.2) is 83.6 Å². The smallest absolute Gasteiger partial charge is 0.352 e. The van der Waals surface area contributed by atoms with Crippen molar-refractivity contribution in [3.63, 3.8) is 0 Å². The molecule has 3 aromatic rings. The summed E-state index contributed by atoms with van der Waals surface area (Å²) in [5, 5.41) is 26.0. The molecule has 3 N–H and O–H groups in total. The van der Waals surface area contributed by atoms with Crippen molar-refractivity contribution >= 4 is 25.2 Å². The zero-order chi connectivity index (χ0) is 28.4. The number of hydrogen-bond donors (Lipinski definition) is 3. The zero-order valence-corrected chi connectivity index (χ0v) is 25.3. The number of aromatic nitrogens is 3. The lowest BCUT2D eigenvalue weighted by atomic mass is 9.98. The van der Waals surface area contributed by atoms with Crippen molar-refractivity contribution in [2.24, 2.45) is 0 Å². The average Bonchev–Trinajstić information content (AvgIpc) is 3.42. The second-order valence-corrected chi connectivity index (χ2v) is 16.8. The monoisotopic (exact) mass is 556 g/mol. The highest BCUT2D eigenvalue weighted by molar-refractivity contribution is 6.74. The normalized spacial score (nSPS) is 15.4. The molecule has 1 aliphatic heterocycles. The van der Waals surface area contributed by atoms with E-state index in [0.29, 0.717) is 25.3 Å². The number of hydrogen-bond acceptors (Lipinski definition) is 6. The van der Waals surface area contributed by atoms with Crippen LogP contribution in [0.15, 0.2) is 18.2 Å². The molecular formula is C29H44N4O5Si. The van der Waals surface area contributed by atoms with Crippen LogP contribution in [0.4, 0.5) is 0 Å². The van der Waals surface area contributed by atoms with Gasteiger partial charge in [0.05, 0.1) is 37.6 Å². The molecule has 10 heteroatoms. The first-order chi connectivity index (χ1) is 18.4. The summed E-state index contributed by atoms with van der Waals surface area (Å²) >= 11 is 0. The van der Waals surface area contributed by atoms with Crippen LogP contribution in [0.1, 0.15) is 54.6 Å². The number of aryl methyl sites for hydroxylation is 1. The Morgan fingerprint density at radius 1 is 1.21 bits per heavy atom. The Morgan fingerprint density at radius 2 is 1.92 bits per heavy atom. The molecule has 3 heterocycles. The summed E-state index contributed by atoms with van der Waals surface area (Å²) < 4.78 is 13.8. The van der Waals surface area contributed by atoms with E-state index in [-0.39, 0.29) is 17.3 Å². The minimum absolute atomic E-state index is 0.129. The lowest BCUT2D eigenvalue weighted by Gasteiger charge is -2.36. The molecule has 1 saturated heterocycles. The van der Waals surface area contributed by atoms with Gasteiger partial charge in [-0.05, 0) is 43.5 Å². The van der Waals surface area contributed by atoms with Crippen molar-refractivity contribution in [3.05, 3.63) is 40.8 Å². The van der Waals surface area contributed by atoms with Gasteiger partial charge >= 0.3 is 5.97 Å². The Labute approximate surface area is 232 Å². The molecule has 0 bridgehead atoms. The van der Waals surface area contributed by atoms with Gasteiger partial charge in [0, 0.05) is 48.4 Å². The van der Waals surface area contributed by atoms with Crippen molar-refractivity contribution in [1.82, 2.24) is 19.7 Å². The van der Waals surface area contributed by atoms with Crippen LogP contribution in [0.2, 0.25) is 18.1 Å². The molecule has 0 atom stereocenters. The molecule has 0 unspecified atom stereocenters. The first-order valence-corrected chi connectivity index (χ1v) is 16.8. The highest BCUT2D eigenvalue weighted by atomic mass is 28.4. The van der Waals surface area contributed by atoms with Crippen molar-refractivity contribution in [1.29, 1.82) is 0 Å². The second kappa shape index (κ2) is 11.9. The zero-order valence-electron chi connectivity index (χ0n) is 24.3. The molecule has 214 valence electrons. The minimum atomic E-state index is -1.87. The standard InChI is InChI=1S/C29H44N4O5Si/c1-20-25(24(19-34)31-33(20)13-12-32-14-17-37-18-15-32)23-10-7-9-21-22(27(28(35)36)30-26(21)23)11-8-16-38-39(5,6)29(2,3)4/h7,9-10,30,34H,8,11-19H2,1-6H3,(H,35,36). The number of carboxylic acids is 1. The summed E-state index contributed by atoms with van der Waals surface area (Å²) in [5.41, 5.74) is 5.04. The molecule has 39 heavy (non-hydrogen) atoms. The fraction of sp³-hybridized carbons (Fsp3) is 0.586. The first-order valence-electron chi connectivity index (χ1n) is 13.9. The molecule has 0 aliphatic carbocycles. The summed E-state index contributed by atoms with van der Waals surface area (Å²) in [6, 6.07) is 5.91. The van der Waals surface area contributed by atoms with E-state index < -0.39 is 14.3 Å². The summed E-state index contributed by atoms with van der Waals surface area (Å²) in [5.74, 6) is -0.974. The highest BCUT2D eigenvalue weighted by Gasteiger charge is 2.37. The van der Waals surface area contributed by atoms with Crippen LogP contribution in [0.25, 0.3) is 22.0 Å². The number of morpholine rings is 1. The molecule has 0 saturated carbocycles. The lowest BCUT2D eigenvalue weighted by Crippen LogP contribution is -2.41. The second-order valence-electron chi connectivity index (χ2n) is 12.0. The van der Waals surface area contributed by atoms with E-state index in [4.69, 9.17) is 14.3 Å². The van der Waals surface area contributed by atoms with Crippen LogP contribution in [-0.2, 0) is 28.7 Å². The van der Waals surface area contributed by atoms with Gasteiger partial charge in [-0.15, -0.1) is 0 Å². The third-order valence-electron chi connectivity index (χ3n) is 8.43. The largest absolute Gasteiger partial charge is 0.477 e. The molecule has 1 fully saturated rings. The molecule has 0 spiro atoms. The number of aromatic amines is 1. The van der Waals surface area contributed by atoms with E-state index in [9.17, 15) is 15.0 Å². The van der Waals surface area contributed by atoms with Crippen molar-refractivity contribution in [2.45, 2.75) is 71.8 Å². The molecule has 2 aromatic heterocycles. The van der Waals surface area contributed by atoms with Gasteiger partial charge in [0.1, 0.15) is 5.69 Å². The summed E-state index contributed by atoms with van der Waals surface area (Å²) in [6.07, 6.45) is 1.34. The maximum absolute atomic E-state index is 12.3. The third kappa shape index (κ3) is 6.30. The molecular weight excluding hydrogens is 512 g/mol. The predicted octanol–water partition coefficient (Wildman–Crippen LogP) is 4.82. The van der Waals surface area contributed by atoms with Gasteiger partial charge in [0.15, 0.2) is 8.32 Å². The number of aromatic carboxylic acids is 1. The van der Waals surface area contributed by atoms with Crippen molar-refractivity contribution in [2.75, 3.05) is 39.5 Å². The maximum Gasteiger partial charge on any atom is 0.352 e. The van der Waals surface area contributed by atoms with Gasteiger partial charge < -0.3 is 24.4 Å². The molecule has 1 aliphatic rings. The number of carbonyl (C=O) groups is 1. The first kappa shape index (κ1) is 29.5. The van der Waals surface area contributed by atoms with Crippen molar-refractivity contribution < 1.29 is 24.2 Å². The number of nitrogens with zero attached hydrogens (tertiary/aromatic N) is 3. The fourth-order valence-corrected chi connectivity index (χ4v) is 6.15. The quantitative estimate of drug-likeness (QED) is 0.229. The van der Waals surface area contributed by atoms with E-state index in [2.05, 4.69) is 43.7 Å². The molecule has 9 nitrogen and oxygen atoms in total. The number of aliphatic hydroxyl groups is 1. The van der Waals surface area contributed by atoms with E-state index >= 15 is 0 Å². The summed E-state index contributed by atoms with van der Waals surface area (Å²) in [4.78, 5) is 17.8. The number of rotatable bonds is 11. The SMILES string of the molecule is Cc1c(-c2cccc3c(CCCO[Si](C)(C)C(C)(C)C)c(C(=O)O)[nH]c23)c(CO)nn1CCN1CCOCC1. The van der Waals surface area contributed by atoms with E-state index in [1.165, 1.54) is 0 Å². The Morgan fingerprint density at radius 3 is 2.56 bits per heavy atom. The highest BCUT2D eigenvalue weighted by Crippen LogP contribution is 2.38. The Balaban J connectivity index is 1.62. The number of H-pyrrole nitrogens is 1. The Bertz CT molecular complexity index is 1300. The third-order valence-corrected chi connectivity index (χ3v) is 13.0. The van der Waals surface area contributed by atoms with Crippen LogP contribution < -0.4 is 0 Å². The van der Waals surface area contributed by atoms with Gasteiger partial charge in [-0.2, -0.15) is 5.10 Å². The molecule has 1 aromatic carbocycles. The van der Waals surface area contributed by atoms with Gasteiger partial charge in [-0.1, -0.05) is 39.0 Å². The predicted molar refractivity (Wildman–Crippen MR) is 156 cm³/mol. The fourth-order valence-electron chi connectivity index (χ4n) is 5.07. The summed E-state index contributed by atoms with van der Waals surface area (Å²) in [6.45, 7) is 18.4. The number of benzene rings is 1. The van der Waals surface area contributed by atoms with Crippen molar-refractivity contribution in [3.8, 4) is 11.1 Å². The number of para-hydroxylation sites is 1. The average molecular weight is 557 g/mol. The molecule has 0 radical (unpaired) electrons. The van der Waals surface area contributed by atoms with Crippen LogP contribution in [0.3, 0.4) is 0 Å². The number of ether oxygens (including phenoxy) is 1. The number of nitrogens with one attached hydrogen (secondary N) is 1. The van der Waals surface area contributed by atoms with Crippen LogP contribution in [0, 0.1) is 6.92 Å². The maximum atomic E-state index is 12.3. The van der Waals surface area contributed by atoms with Gasteiger partial charge in [-0.25, -0.2) is 4.79 Å². The number of carboxylic acid groups (broad SMARTS) is 1. The Kier molecular flexibility index (Phi) is 9.02. The van der Waals surface area contributed by atoms with Gasteiger partial charge in [0.2, 0.25) is 0 Å². The Hall–Kier alpha value is -2.50. The van der Waals surface area contributed by atoms with Gasteiger partial charge in [0.25, 0.3) is 0 Å². The summed E-state index contributed by atoms with van der Waals surface area (Å²) in [7, 11) is -1.87. The van der Waals surface area contributed by atoms with E-state index in [0.717, 1.165) is 72.6 Å². The van der Waals surface area contributed by atoms with Crippen LogP contribution >= 0.6 is 0 Å². The van der Waals surface area contributed by atoms with Gasteiger partial charge in [-0.3, -0.25) is 9.58 Å². The van der Waals surface area contributed by atoms with E-state index in [1.54, 1.807) is 0 Å². The van der Waals surface area contributed by atoms with E-state index in [1.807, 2.05) is 29.8 Å². The number of aliphatic hydroxyl groups excluding tert-OH is 1.